The number of pyridine rings is 1. The molecule has 5 heteroatoms. The van der Waals surface area contributed by atoms with Crippen molar-refractivity contribution in [3.63, 3.8) is 0 Å². The van der Waals surface area contributed by atoms with Crippen LogP contribution >= 0.6 is 0 Å². The van der Waals surface area contributed by atoms with E-state index < -0.39 is 0 Å². The van der Waals surface area contributed by atoms with E-state index in [9.17, 15) is 4.79 Å². The lowest BCUT2D eigenvalue weighted by Gasteiger charge is -2.10. The van der Waals surface area contributed by atoms with Gasteiger partial charge in [-0.3, -0.25) is 9.78 Å². The van der Waals surface area contributed by atoms with Crippen molar-refractivity contribution < 1.29 is 9.53 Å². The fourth-order valence-electron chi connectivity index (χ4n) is 2.75. The number of anilines is 3. The molecule has 1 amide bonds. The Hall–Kier alpha value is -3.34. The van der Waals surface area contributed by atoms with E-state index in [0.29, 0.717) is 18.1 Å². The average molecular weight is 375 g/mol. The lowest BCUT2D eigenvalue weighted by atomic mass is 10.0. The second-order valence-corrected chi connectivity index (χ2v) is 6.78. The highest BCUT2D eigenvalue weighted by Gasteiger charge is 2.08. The highest BCUT2D eigenvalue weighted by Crippen LogP contribution is 2.21. The van der Waals surface area contributed by atoms with E-state index in [0.717, 1.165) is 22.8 Å². The molecule has 2 aromatic carbocycles. The number of amides is 1. The summed E-state index contributed by atoms with van der Waals surface area (Å²) in [6.45, 7) is 6.87. The maximum atomic E-state index is 12.6. The van der Waals surface area contributed by atoms with E-state index in [2.05, 4.69) is 29.5 Å². The number of hydrogen-bond acceptors (Lipinski definition) is 4. The van der Waals surface area contributed by atoms with Crippen LogP contribution in [0.1, 0.15) is 42.6 Å². The Morgan fingerprint density at radius 1 is 0.964 bits per heavy atom. The molecule has 0 bridgehead atoms. The lowest BCUT2D eigenvalue weighted by molar-refractivity contribution is 0.102. The van der Waals surface area contributed by atoms with Crippen LogP contribution in [0.5, 0.6) is 5.75 Å². The molecule has 0 atom stereocenters. The summed E-state index contributed by atoms with van der Waals surface area (Å²) >= 11 is 0. The van der Waals surface area contributed by atoms with Crippen LogP contribution < -0.4 is 15.4 Å². The van der Waals surface area contributed by atoms with Crippen molar-refractivity contribution in [3.8, 4) is 5.75 Å². The minimum Gasteiger partial charge on any atom is -0.494 e. The predicted octanol–water partition coefficient (Wildman–Crippen LogP) is 5.60. The number of rotatable bonds is 7. The van der Waals surface area contributed by atoms with E-state index in [1.807, 2.05) is 55.5 Å². The molecule has 144 valence electrons. The number of carbonyl (C=O) groups excluding carboxylic acids is 1. The highest BCUT2D eigenvalue weighted by molar-refractivity contribution is 6.04. The first-order valence-corrected chi connectivity index (χ1v) is 9.41. The second-order valence-electron chi connectivity index (χ2n) is 6.78. The van der Waals surface area contributed by atoms with Gasteiger partial charge in [-0.05, 0) is 60.9 Å². The van der Waals surface area contributed by atoms with Gasteiger partial charge in [0.2, 0.25) is 0 Å². The Kier molecular flexibility index (Phi) is 6.27. The van der Waals surface area contributed by atoms with Gasteiger partial charge in [0.25, 0.3) is 5.91 Å². The number of hydrogen-bond donors (Lipinski definition) is 2. The lowest BCUT2D eigenvalue weighted by Crippen LogP contribution is -2.12. The van der Waals surface area contributed by atoms with Gasteiger partial charge in [-0.2, -0.15) is 0 Å². The summed E-state index contributed by atoms with van der Waals surface area (Å²) in [6.07, 6.45) is 3.24. The summed E-state index contributed by atoms with van der Waals surface area (Å²) in [5, 5.41) is 6.17. The fourth-order valence-corrected chi connectivity index (χ4v) is 2.75. The zero-order valence-electron chi connectivity index (χ0n) is 16.4. The summed E-state index contributed by atoms with van der Waals surface area (Å²) in [6, 6.07) is 17.3. The largest absolute Gasteiger partial charge is 0.494 e. The molecule has 5 nitrogen and oxygen atoms in total. The minimum atomic E-state index is -0.194. The number of ether oxygens (including phenoxy) is 1. The summed E-state index contributed by atoms with van der Waals surface area (Å²) < 4.78 is 5.45. The van der Waals surface area contributed by atoms with Gasteiger partial charge in [-0.1, -0.05) is 26.0 Å². The van der Waals surface area contributed by atoms with Crippen molar-refractivity contribution in [2.45, 2.75) is 26.7 Å². The van der Waals surface area contributed by atoms with Crippen molar-refractivity contribution in [1.29, 1.82) is 0 Å². The minimum absolute atomic E-state index is 0.194. The molecule has 0 spiro atoms. The highest BCUT2D eigenvalue weighted by atomic mass is 16.5. The zero-order valence-corrected chi connectivity index (χ0v) is 16.4. The molecule has 28 heavy (non-hydrogen) atoms. The van der Waals surface area contributed by atoms with E-state index >= 15 is 0 Å². The van der Waals surface area contributed by atoms with Crippen LogP contribution in [0.15, 0.2) is 67.0 Å². The molecule has 0 aliphatic carbocycles. The maximum Gasteiger partial charge on any atom is 0.257 e. The third kappa shape index (κ3) is 5.10. The quantitative estimate of drug-likeness (QED) is 0.564. The first-order chi connectivity index (χ1) is 13.5. The molecule has 1 aromatic heterocycles. The molecule has 1 heterocycles. The second kappa shape index (κ2) is 9.04. The van der Waals surface area contributed by atoms with E-state index in [1.165, 1.54) is 5.56 Å². The van der Waals surface area contributed by atoms with Crippen LogP contribution in [0.3, 0.4) is 0 Å². The normalized spacial score (nSPS) is 10.6. The SMILES string of the molecule is CCOc1ccc(Nc2cncc(C(=O)Nc3ccc(C(C)C)cc3)c2)cc1. The van der Waals surface area contributed by atoms with E-state index in [4.69, 9.17) is 4.74 Å². The summed E-state index contributed by atoms with van der Waals surface area (Å²) in [5.74, 6) is 1.09. The number of aromatic nitrogens is 1. The first-order valence-electron chi connectivity index (χ1n) is 9.41. The van der Waals surface area contributed by atoms with Crippen LogP contribution in [-0.2, 0) is 0 Å². The number of carbonyl (C=O) groups is 1. The summed E-state index contributed by atoms with van der Waals surface area (Å²) in [4.78, 5) is 16.7. The van der Waals surface area contributed by atoms with Crippen LogP contribution in [0, 0.1) is 0 Å². The molecule has 0 radical (unpaired) electrons. The van der Waals surface area contributed by atoms with E-state index in [-0.39, 0.29) is 5.91 Å². The van der Waals surface area contributed by atoms with Crippen molar-refractivity contribution in [2.24, 2.45) is 0 Å². The standard InChI is InChI=1S/C23H25N3O2/c1-4-28-22-11-9-19(10-12-22)25-21-13-18(14-24-15-21)23(27)26-20-7-5-17(6-8-20)16(2)3/h5-16,25H,4H2,1-3H3,(H,26,27). The smallest absolute Gasteiger partial charge is 0.257 e. The van der Waals surface area contributed by atoms with Gasteiger partial charge in [0, 0.05) is 17.6 Å². The number of benzene rings is 2. The molecule has 0 aliphatic heterocycles. The van der Waals surface area contributed by atoms with Gasteiger partial charge >= 0.3 is 0 Å². The fraction of sp³-hybridized carbons (Fsp3) is 0.217. The molecule has 2 N–H and O–H groups in total. The van der Waals surface area contributed by atoms with E-state index in [1.54, 1.807) is 18.5 Å². The Morgan fingerprint density at radius 3 is 2.29 bits per heavy atom. The molecule has 3 aromatic rings. The van der Waals surface area contributed by atoms with Crippen LogP contribution in [0.2, 0.25) is 0 Å². The zero-order chi connectivity index (χ0) is 19.9. The molecule has 3 rings (SSSR count). The van der Waals surface area contributed by atoms with Gasteiger partial charge in [-0.15, -0.1) is 0 Å². The Labute approximate surface area is 165 Å². The van der Waals surface area contributed by atoms with Crippen molar-refractivity contribution in [1.82, 2.24) is 4.98 Å². The number of nitrogens with zero attached hydrogens (tertiary/aromatic N) is 1. The summed E-state index contributed by atoms with van der Waals surface area (Å²) in [7, 11) is 0. The summed E-state index contributed by atoms with van der Waals surface area (Å²) in [5.41, 5.74) is 4.13. The van der Waals surface area contributed by atoms with Gasteiger partial charge in [0.1, 0.15) is 5.75 Å². The van der Waals surface area contributed by atoms with Gasteiger partial charge < -0.3 is 15.4 Å². The third-order valence-electron chi connectivity index (χ3n) is 4.29. The molecule has 0 saturated carbocycles. The molecular formula is C23H25N3O2. The molecule has 0 saturated heterocycles. The molecule has 0 unspecified atom stereocenters. The van der Waals surface area contributed by atoms with Crippen molar-refractivity contribution in [3.05, 3.63) is 78.1 Å². The Bertz CT molecular complexity index is 919. The van der Waals surface area contributed by atoms with Gasteiger partial charge in [0.15, 0.2) is 0 Å². The topological polar surface area (TPSA) is 63.2 Å². The van der Waals surface area contributed by atoms with Crippen LogP contribution in [0.25, 0.3) is 0 Å². The Morgan fingerprint density at radius 2 is 1.64 bits per heavy atom. The van der Waals surface area contributed by atoms with Gasteiger partial charge in [0.05, 0.1) is 24.1 Å². The monoisotopic (exact) mass is 375 g/mol. The number of nitrogens with one attached hydrogen (secondary N) is 2. The van der Waals surface area contributed by atoms with Crippen molar-refractivity contribution in [2.75, 3.05) is 17.2 Å². The Balaban J connectivity index is 1.67. The molecule has 0 aliphatic rings. The average Bonchev–Trinajstić information content (AvgIpc) is 2.70. The maximum absolute atomic E-state index is 12.6. The first kappa shape index (κ1) is 19.4. The molecular weight excluding hydrogens is 350 g/mol. The van der Waals surface area contributed by atoms with Crippen LogP contribution in [0.4, 0.5) is 17.1 Å². The third-order valence-corrected chi connectivity index (χ3v) is 4.29. The molecule has 0 fully saturated rings. The predicted molar refractivity (Wildman–Crippen MR) is 114 cm³/mol. The van der Waals surface area contributed by atoms with Crippen LogP contribution in [-0.4, -0.2) is 17.5 Å². The van der Waals surface area contributed by atoms with Gasteiger partial charge in [-0.25, -0.2) is 0 Å². The van der Waals surface area contributed by atoms with Crippen molar-refractivity contribution >= 4 is 23.0 Å².